The van der Waals surface area contributed by atoms with Gasteiger partial charge in [0.05, 0.1) is 9.79 Å². The smallest absolute Gasteiger partial charge is 0.207 e. The van der Waals surface area contributed by atoms with Gasteiger partial charge in [-0.1, -0.05) is 31.9 Å². The minimum Gasteiger partial charge on any atom is -0.207 e. The Labute approximate surface area is 202 Å². The summed E-state index contributed by atoms with van der Waals surface area (Å²) in [5.74, 6) is 0. The summed E-state index contributed by atoms with van der Waals surface area (Å²) in [6.45, 7) is 9.28. The Morgan fingerprint density at radius 3 is 1.65 bits per heavy atom. The maximum atomic E-state index is 13.4. The first-order valence-corrected chi connectivity index (χ1v) is 14.3. The Kier molecular flexibility index (Phi) is 7.11. The average Bonchev–Trinajstić information content (AvgIpc) is 2.66. The molecule has 6 nitrogen and oxygen atoms in total. The number of hydrogen-bond acceptors (Lipinski definition) is 4. The Hall–Kier alpha value is -0.780. The van der Waals surface area contributed by atoms with E-state index in [1.165, 1.54) is 8.61 Å². The first-order valence-electron chi connectivity index (χ1n) is 9.82. The highest BCUT2D eigenvalue weighted by Gasteiger charge is 2.39. The Morgan fingerprint density at radius 1 is 0.742 bits per heavy atom. The molecule has 0 unspecified atom stereocenters. The lowest BCUT2D eigenvalue weighted by atomic mass is 10.2. The molecule has 2 aromatic carbocycles. The number of sulfonamides is 2. The normalized spacial score (nSPS) is 19.0. The Morgan fingerprint density at radius 2 is 1.19 bits per heavy atom. The topological polar surface area (TPSA) is 74.8 Å². The average molecular weight is 594 g/mol. The molecule has 2 aromatic rings. The van der Waals surface area contributed by atoms with Crippen LogP contribution in [-0.4, -0.2) is 51.1 Å². The molecular formula is C21H26Br2N2O4S2. The standard InChI is InChI=1S/C21H26Br2N2O4S2/c1-13-10-20(15(3)8-18(13)22)30(26,27)24-6-7-25(17(5)12-24)31(28,29)21-11-14(2)19(23)9-16(21)4/h8-11,17H,6-7,12H2,1-5H3/t17-/m1/s1. The summed E-state index contributed by atoms with van der Waals surface area (Å²) >= 11 is 6.87. The van der Waals surface area contributed by atoms with Crippen LogP contribution in [0.2, 0.25) is 0 Å². The molecule has 0 aromatic heterocycles. The van der Waals surface area contributed by atoms with Gasteiger partial charge in [-0.25, -0.2) is 16.8 Å². The summed E-state index contributed by atoms with van der Waals surface area (Å²) < 4.78 is 57.9. The fraction of sp³-hybridized carbons (Fsp3) is 0.429. The molecule has 0 radical (unpaired) electrons. The number of nitrogens with zero attached hydrogens (tertiary/aromatic N) is 2. The van der Waals surface area contributed by atoms with Gasteiger partial charge < -0.3 is 0 Å². The summed E-state index contributed by atoms with van der Waals surface area (Å²) in [6, 6.07) is 6.43. The van der Waals surface area contributed by atoms with Crippen molar-refractivity contribution in [1.82, 2.24) is 8.61 Å². The van der Waals surface area contributed by atoms with Crippen LogP contribution in [0.25, 0.3) is 0 Å². The summed E-state index contributed by atoms with van der Waals surface area (Å²) in [7, 11) is -7.48. The molecule has 1 heterocycles. The lowest BCUT2D eigenvalue weighted by Crippen LogP contribution is -2.55. The van der Waals surface area contributed by atoms with E-state index < -0.39 is 26.1 Å². The predicted molar refractivity (Wildman–Crippen MR) is 129 cm³/mol. The van der Waals surface area contributed by atoms with Crippen molar-refractivity contribution in [3.8, 4) is 0 Å². The van der Waals surface area contributed by atoms with E-state index in [1.807, 2.05) is 13.8 Å². The highest BCUT2D eigenvalue weighted by atomic mass is 79.9. The van der Waals surface area contributed by atoms with E-state index in [2.05, 4.69) is 31.9 Å². The van der Waals surface area contributed by atoms with Crippen LogP contribution >= 0.6 is 31.9 Å². The van der Waals surface area contributed by atoms with Crippen molar-refractivity contribution in [2.75, 3.05) is 19.6 Å². The van der Waals surface area contributed by atoms with E-state index in [1.54, 1.807) is 45.0 Å². The number of rotatable bonds is 4. The first kappa shape index (κ1) is 24.9. The number of hydrogen-bond donors (Lipinski definition) is 0. The molecule has 0 aliphatic carbocycles. The zero-order chi connectivity index (χ0) is 23.3. The van der Waals surface area contributed by atoms with Crippen molar-refractivity contribution in [3.05, 3.63) is 55.5 Å². The van der Waals surface area contributed by atoms with Crippen LogP contribution in [0.4, 0.5) is 0 Å². The fourth-order valence-electron chi connectivity index (χ4n) is 3.81. The second kappa shape index (κ2) is 8.87. The van der Waals surface area contributed by atoms with E-state index in [-0.39, 0.29) is 29.4 Å². The SMILES string of the molecule is Cc1cc(S(=O)(=O)N2CCN(S(=O)(=O)c3cc(C)c(Br)cc3C)[C@H](C)C2)c(C)cc1Br. The van der Waals surface area contributed by atoms with Crippen LogP contribution in [0.3, 0.4) is 0 Å². The van der Waals surface area contributed by atoms with Crippen molar-refractivity contribution in [2.24, 2.45) is 0 Å². The second-order valence-electron chi connectivity index (χ2n) is 8.06. The first-order chi connectivity index (χ1) is 14.3. The van der Waals surface area contributed by atoms with E-state index in [4.69, 9.17) is 0 Å². The van der Waals surface area contributed by atoms with Crippen molar-refractivity contribution in [3.63, 3.8) is 0 Å². The molecule has 0 amide bonds. The van der Waals surface area contributed by atoms with Gasteiger partial charge >= 0.3 is 0 Å². The van der Waals surface area contributed by atoms with Gasteiger partial charge in [0, 0.05) is 34.6 Å². The summed E-state index contributed by atoms with van der Waals surface area (Å²) in [6.07, 6.45) is 0. The van der Waals surface area contributed by atoms with E-state index in [0.717, 1.165) is 20.1 Å². The highest BCUT2D eigenvalue weighted by Crippen LogP contribution is 2.31. The van der Waals surface area contributed by atoms with Crippen LogP contribution < -0.4 is 0 Å². The van der Waals surface area contributed by atoms with Gasteiger partial charge in [-0.05, 0) is 81.1 Å². The third-order valence-corrected chi connectivity index (χ3v) is 11.5. The van der Waals surface area contributed by atoms with Crippen LogP contribution in [0.1, 0.15) is 29.2 Å². The summed E-state index contributed by atoms with van der Waals surface area (Å²) in [5.41, 5.74) is 2.97. The highest BCUT2D eigenvalue weighted by molar-refractivity contribution is 9.10. The molecule has 1 aliphatic heterocycles. The summed E-state index contributed by atoms with van der Waals surface area (Å²) in [4.78, 5) is 0.520. The molecule has 0 N–H and O–H groups in total. The maximum Gasteiger partial charge on any atom is 0.243 e. The quantitative estimate of drug-likeness (QED) is 0.522. The minimum absolute atomic E-state index is 0.102. The van der Waals surface area contributed by atoms with E-state index in [0.29, 0.717) is 11.1 Å². The van der Waals surface area contributed by atoms with Crippen LogP contribution in [-0.2, 0) is 20.0 Å². The van der Waals surface area contributed by atoms with E-state index >= 15 is 0 Å². The number of halogens is 2. The fourth-order valence-corrected chi connectivity index (χ4v) is 8.44. The Bertz CT molecular complexity index is 1240. The van der Waals surface area contributed by atoms with Gasteiger partial charge in [0.2, 0.25) is 20.0 Å². The van der Waals surface area contributed by atoms with Crippen molar-refractivity contribution in [2.45, 2.75) is 50.5 Å². The van der Waals surface area contributed by atoms with Gasteiger partial charge in [-0.2, -0.15) is 8.61 Å². The molecule has 1 atom stereocenters. The van der Waals surface area contributed by atoms with Crippen molar-refractivity contribution >= 4 is 51.9 Å². The van der Waals surface area contributed by atoms with Crippen molar-refractivity contribution < 1.29 is 16.8 Å². The molecule has 1 fully saturated rings. The zero-order valence-electron chi connectivity index (χ0n) is 18.1. The largest absolute Gasteiger partial charge is 0.243 e. The Balaban J connectivity index is 1.90. The summed E-state index contributed by atoms with van der Waals surface area (Å²) in [5, 5.41) is 0. The predicted octanol–water partition coefficient (Wildman–Crippen LogP) is 4.53. The minimum atomic E-state index is -3.75. The van der Waals surface area contributed by atoms with Gasteiger partial charge in [0.25, 0.3) is 0 Å². The molecule has 10 heteroatoms. The third kappa shape index (κ3) is 4.65. The zero-order valence-corrected chi connectivity index (χ0v) is 22.9. The molecular weight excluding hydrogens is 568 g/mol. The molecule has 31 heavy (non-hydrogen) atoms. The van der Waals surface area contributed by atoms with Gasteiger partial charge in [-0.3, -0.25) is 0 Å². The number of benzene rings is 2. The van der Waals surface area contributed by atoms with Crippen LogP contribution in [0.5, 0.6) is 0 Å². The molecule has 1 saturated heterocycles. The molecule has 0 saturated carbocycles. The van der Waals surface area contributed by atoms with Gasteiger partial charge in [-0.15, -0.1) is 0 Å². The molecule has 3 rings (SSSR count). The maximum absolute atomic E-state index is 13.4. The lowest BCUT2D eigenvalue weighted by molar-refractivity contribution is 0.212. The number of piperazine rings is 1. The lowest BCUT2D eigenvalue weighted by Gasteiger charge is -2.38. The molecule has 0 spiro atoms. The van der Waals surface area contributed by atoms with Gasteiger partial charge in [0.1, 0.15) is 0 Å². The molecule has 0 bridgehead atoms. The van der Waals surface area contributed by atoms with Crippen molar-refractivity contribution in [1.29, 1.82) is 0 Å². The number of aryl methyl sites for hydroxylation is 4. The third-order valence-electron chi connectivity index (χ3n) is 5.65. The monoisotopic (exact) mass is 592 g/mol. The van der Waals surface area contributed by atoms with Gasteiger partial charge in [0.15, 0.2) is 0 Å². The molecule has 1 aliphatic rings. The molecule has 170 valence electrons. The second-order valence-corrected chi connectivity index (χ2v) is 13.5. The van der Waals surface area contributed by atoms with Crippen LogP contribution in [0, 0.1) is 27.7 Å². The van der Waals surface area contributed by atoms with E-state index in [9.17, 15) is 16.8 Å². The van der Waals surface area contributed by atoms with Crippen LogP contribution in [0.15, 0.2) is 43.0 Å².